The Hall–Kier alpha value is -1.51. The fourth-order valence-electron chi connectivity index (χ4n) is 2.29. The maximum Gasteiger partial charge on any atom is 0.310 e. The van der Waals surface area contributed by atoms with Crippen molar-refractivity contribution in [2.45, 2.75) is 58.7 Å². The number of fused-ring (bicyclic) bond motifs is 1. The van der Waals surface area contributed by atoms with Gasteiger partial charge >= 0.3 is 5.97 Å². The van der Waals surface area contributed by atoms with Crippen molar-refractivity contribution in [1.29, 1.82) is 0 Å². The lowest BCUT2D eigenvalue weighted by Crippen LogP contribution is -2.25. The van der Waals surface area contributed by atoms with Gasteiger partial charge in [-0.3, -0.25) is 4.79 Å². The molecule has 0 saturated carbocycles. The van der Waals surface area contributed by atoms with Crippen molar-refractivity contribution in [2.24, 2.45) is 0 Å². The average Bonchev–Trinajstić information content (AvgIpc) is 2.47. The molecule has 104 valence electrons. The van der Waals surface area contributed by atoms with E-state index in [4.69, 9.17) is 9.47 Å². The molecule has 1 aromatic carbocycles. The van der Waals surface area contributed by atoms with E-state index in [1.807, 2.05) is 39.0 Å². The van der Waals surface area contributed by atoms with E-state index < -0.39 is 5.60 Å². The summed E-state index contributed by atoms with van der Waals surface area (Å²) < 4.78 is 11.2. The Balaban J connectivity index is 2.07. The lowest BCUT2D eigenvalue weighted by Gasteiger charge is -2.19. The summed E-state index contributed by atoms with van der Waals surface area (Å²) >= 11 is 0. The Morgan fingerprint density at radius 1 is 1.37 bits per heavy atom. The lowest BCUT2D eigenvalue weighted by molar-refractivity contribution is -0.153. The molecule has 1 heterocycles. The summed E-state index contributed by atoms with van der Waals surface area (Å²) in [5.74, 6) is 0.691. The van der Waals surface area contributed by atoms with Gasteiger partial charge in [0.2, 0.25) is 0 Å². The number of ether oxygens (including phenoxy) is 2. The predicted molar refractivity (Wildman–Crippen MR) is 74.4 cm³/mol. The summed E-state index contributed by atoms with van der Waals surface area (Å²) in [6.07, 6.45) is 1.20. The number of benzene rings is 1. The molecule has 1 aliphatic heterocycles. The molecule has 0 atom stereocenters. The Bertz CT molecular complexity index is 495. The van der Waals surface area contributed by atoms with Crippen molar-refractivity contribution in [1.82, 2.24) is 0 Å². The number of rotatable bonds is 2. The molecule has 3 heteroatoms. The summed E-state index contributed by atoms with van der Waals surface area (Å²) in [6, 6.07) is 5.98. The Labute approximate surface area is 114 Å². The number of carbonyl (C=O) groups is 1. The summed E-state index contributed by atoms with van der Waals surface area (Å²) in [6.45, 7) is 9.76. The first kappa shape index (κ1) is 13.9. The van der Waals surface area contributed by atoms with Crippen molar-refractivity contribution in [2.75, 3.05) is 0 Å². The summed E-state index contributed by atoms with van der Waals surface area (Å²) in [4.78, 5) is 11.8. The number of hydrogen-bond acceptors (Lipinski definition) is 3. The van der Waals surface area contributed by atoms with Crippen LogP contribution in [0.5, 0.6) is 5.75 Å². The Kier molecular flexibility index (Phi) is 3.33. The average molecular weight is 262 g/mol. The van der Waals surface area contributed by atoms with Gasteiger partial charge < -0.3 is 9.47 Å². The van der Waals surface area contributed by atoms with Crippen LogP contribution in [-0.2, 0) is 22.4 Å². The second-order valence-corrected chi connectivity index (χ2v) is 6.74. The van der Waals surface area contributed by atoms with Gasteiger partial charge in [-0.1, -0.05) is 12.1 Å². The molecule has 0 spiro atoms. The zero-order chi connectivity index (χ0) is 14.3. The van der Waals surface area contributed by atoms with Crippen LogP contribution in [0.4, 0.5) is 0 Å². The summed E-state index contributed by atoms with van der Waals surface area (Å²) in [5.41, 5.74) is 1.56. The van der Waals surface area contributed by atoms with Crippen LogP contribution in [0.2, 0.25) is 0 Å². The zero-order valence-electron chi connectivity index (χ0n) is 12.4. The summed E-state index contributed by atoms with van der Waals surface area (Å²) in [7, 11) is 0. The van der Waals surface area contributed by atoms with Gasteiger partial charge in [-0.25, -0.2) is 0 Å². The molecule has 0 amide bonds. The highest BCUT2D eigenvalue weighted by molar-refractivity contribution is 5.73. The molecule has 0 bridgehead atoms. The Morgan fingerprint density at radius 3 is 2.68 bits per heavy atom. The van der Waals surface area contributed by atoms with Crippen molar-refractivity contribution in [3.63, 3.8) is 0 Å². The van der Waals surface area contributed by atoms with Gasteiger partial charge in [0.25, 0.3) is 0 Å². The van der Waals surface area contributed by atoms with Crippen LogP contribution >= 0.6 is 0 Å². The molecule has 0 saturated heterocycles. The Morgan fingerprint density at radius 2 is 2.05 bits per heavy atom. The van der Waals surface area contributed by atoms with Crippen molar-refractivity contribution in [3.8, 4) is 5.75 Å². The first-order valence-electron chi connectivity index (χ1n) is 6.67. The molecule has 0 N–H and O–H groups in total. The number of hydrogen-bond donors (Lipinski definition) is 0. The van der Waals surface area contributed by atoms with Gasteiger partial charge in [0.05, 0.1) is 6.42 Å². The lowest BCUT2D eigenvalue weighted by atomic mass is 10.0. The fraction of sp³-hybridized carbons (Fsp3) is 0.562. The second kappa shape index (κ2) is 4.55. The van der Waals surface area contributed by atoms with E-state index in [2.05, 4.69) is 13.8 Å². The topological polar surface area (TPSA) is 35.5 Å². The third-order valence-electron chi connectivity index (χ3n) is 2.90. The third-order valence-corrected chi connectivity index (χ3v) is 2.90. The van der Waals surface area contributed by atoms with Gasteiger partial charge in [0, 0.05) is 6.42 Å². The highest BCUT2D eigenvalue weighted by atomic mass is 16.6. The summed E-state index contributed by atoms with van der Waals surface area (Å²) in [5, 5.41) is 0. The standard InChI is InChI=1S/C16H22O3/c1-15(2,3)19-14(17)9-11-6-7-12-10-16(4,5)18-13(12)8-11/h6-8H,9-10H2,1-5H3. The molecular weight excluding hydrogens is 240 g/mol. The van der Waals surface area contributed by atoms with Gasteiger partial charge in [-0.2, -0.15) is 0 Å². The first-order valence-corrected chi connectivity index (χ1v) is 6.67. The van der Waals surface area contributed by atoms with Crippen LogP contribution in [0.1, 0.15) is 45.7 Å². The molecule has 1 aliphatic rings. The molecule has 1 aromatic rings. The minimum absolute atomic E-state index is 0.146. The molecule has 0 radical (unpaired) electrons. The third kappa shape index (κ3) is 3.72. The van der Waals surface area contributed by atoms with Gasteiger partial charge in [0.1, 0.15) is 17.0 Å². The molecule has 19 heavy (non-hydrogen) atoms. The van der Waals surface area contributed by atoms with E-state index in [1.54, 1.807) is 0 Å². The van der Waals surface area contributed by atoms with Gasteiger partial charge in [-0.05, 0) is 51.8 Å². The monoisotopic (exact) mass is 262 g/mol. The van der Waals surface area contributed by atoms with Crippen LogP contribution in [0.3, 0.4) is 0 Å². The van der Waals surface area contributed by atoms with Crippen LogP contribution in [-0.4, -0.2) is 17.2 Å². The van der Waals surface area contributed by atoms with Gasteiger partial charge in [0.15, 0.2) is 0 Å². The maximum absolute atomic E-state index is 11.8. The van der Waals surface area contributed by atoms with Crippen LogP contribution in [0.15, 0.2) is 18.2 Å². The van der Waals surface area contributed by atoms with Crippen molar-refractivity contribution >= 4 is 5.97 Å². The van der Waals surface area contributed by atoms with Crippen LogP contribution in [0, 0.1) is 0 Å². The van der Waals surface area contributed by atoms with Crippen LogP contribution < -0.4 is 4.74 Å². The van der Waals surface area contributed by atoms with E-state index in [-0.39, 0.29) is 18.0 Å². The largest absolute Gasteiger partial charge is 0.487 e. The quantitative estimate of drug-likeness (QED) is 0.767. The van der Waals surface area contributed by atoms with E-state index in [0.29, 0.717) is 0 Å². The molecule has 0 aromatic heterocycles. The minimum atomic E-state index is -0.438. The highest BCUT2D eigenvalue weighted by Crippen LogP contribution is 2.35. The van der Waals surface area contributed by atoms with E-state index in [9.17, 15) is 4.79 Å². The molecule has 0 aliphatic carbocycles. The van der Waals surface area contributed by atoms with E-state index in [0.717, 1.165) is 17.7 Å². The first-order chi connectivity index (χ1) is 8.65. The molecule has 2 rings (SSSR count). The van der Waals surface area contributed by atoms with Gasteiger partial charge in [-0.15, -0.1) is 0 Å². The molecule has 3 nitrogen and oxygen atoms in total. The molecular formula is C16H22O3. The highest BCUT2D eigenvalue weighted by Gasteiger charge is 2.30. The number of esters is 1. The van der Waals surface area contributed by atoms with Crippen molar-refractivity contribution in [3.05, 3.63) is 29.3 Å². The molecule has 0 fully saturated rings. The maximum atomic E-state index is 11.8. The normalized spacial score (nSPS) is 16.7. The van der Waals surface area contributed by atoms with E-state index in [1.165, 1.54) is 5.56 Å². The van der Waals surface area contributed by atoms with Crippen molar-refractivity contribution < 1.29 is 14.3 Å². The zero-order valence-corrected chi connectivity index (χ0v) is 12.4. The second-order valence-electron chi connectivity index (χ2n) is 6.74. The predicted octanol–water partition coefficient (Wildman–Crippen LogP) is 3.28. The molecule has 0 unspecified atom stereocenters. The number of carbonyl (C=O) groups excluding carboxylic acids is 1. The van der Waals surface area contributed by atoms with Crippen LogP contribution in [0.25, 0.3) is 0 Å². The SMILES string of the molecule is CC(C)(C)OC(=O)Cc1ccc2c(c1)OC(C)(C)C2. The smallest absolute Gasteiger partial charge is 0.310 e. The van der Waals surface area contributed by atoms with E-state index >= 15 is 0 Å². The minimum Gasteiger partial charge on any atom is -0.487 e. The fourth-order valence-corrected chi connectivity index (χ4v) is 2.29.